The Kier molecular flexibility index (Phi) is 5.38. The standard InChI is InChI=1S/C15H17BrN2O2/c1-19-15-4-2-3-12(18-15)10-20-14-6-5-11(7-8-17)9-13(14)16/h2-6,9H,7-8,10,17H2,1H3. The lowest BCUT2D eigenvalue weighted by Crippen LogP contribution is -2.03. The van der Waals surface area contributed by atoms with Crippen molar-refractivity contribution in [3.8, 4) is 11.6 Å². The molecular weight excluding hydrogens is 320 g/mol. The van der Waals surface area contributed by atoms with E-state index in [4.69, 9.17) is 15.2 Å². The molecule has 0 fully saturated rings. The van der Waals surface area contributed by atoms with Crippen LogP contribution in [0.3, 0.4) is 0 Å². The molecule has 1 aromatic carbocycles. The zero-order chi connectivity index (χ0) is 14.4. The summed E-state index contributed by atoms with van der Waals surface area (Å²) >= 11 is 3.51. The Morgan fingerprint density at radius 2 is 2.10 bits per heavy atom. The quantitative estimate of drug-likeness (QED) is 0.881. The molecule has 1 heterocycles. The molecule has 20 heavy (non-hydrogen) atoms. The predicted molar refractivity (Wildman–Crippen MR) is 82.0 cm³/mol. The highest BCUT2D eigenvalue weighted by Gasteiger charge is 2.04. The Hall–Kier alpha value is -1.59. The average molecular weight is 337 g/mol. The van der Waals surface area contributed by atoms with Crippen LogP contribution in [0.25, 0.3) is 0 Å². The molecule has 2 aromatic rings. The third-order valence-electron chi connectivity index (χ3n) is 2.80. The highest BCUT2D eigenvalue weighted by molar-refractivity contribution is 9.10. The molecular formula is C15H17BrN2O2. The van der Waals surface area contributed by atoms with Gasteiger partial charge in [0.15, 0.2) is 0 Å². The van der Waals surface area contributed by atoms with Gasteiger partial charge in [0.25, 0.3) is 0 Å². The molecule has 0 amide bonds. The van der Waals surface area contributed by atoms with Gasteiger partial charge in [-0.1, -0.05) is 12.1 Å². The number of ether oxygens (including phenoxy) is 2. The molecule has 0 aliphatic carbocycles. The second-order valence-corrected chi connectivity index (χ2v) is 5.12. The van der Waals surface area contributed by atoms with Crippen LogP contribution < -0.4 is 15.2 Å². The molecule has 0 spiro atoms. The fourth-order valence-corrected chi connectivity index (χ4v) is 2.33. The number of aromatic nitrogens is 1. The van der Waals surface area contributed by atoms with Gasteiger partial charge < -0.3 is 15.2 Å². The summed E-state index contributed by atoms with van der Waals surface area (Å²) in [5.41, 5.74) is 7.55. The van der Waals surface area contributed by atoms with Gasteiger partial charge in [-0.15, -0.1) is 0 Å². The lowest BCUT2D eigenvalue weighted by molar-refractivity contribution is 0.296. The van der Waals surface area contributed by atoms with Crippen LogP contribution >= 0.6 is 15.9 Å². The van der Waals surface area contributed by atoms with Gasteiger partial charge in [-0.25, -0.2) is 4.98 Å². The van der Waals surface area contributed by atoms with Gasteiger partial charge >= 0.3 is 0 Å². The molecule has 0 aliphatic heterocycles. The van der Waals surface area contributed by atoms with Gasteiger partial charge in [0.2, 0.25) is 5.88 Å². The molecule has 2 N–H and O–H groups in total. The second-order valence-electron chi connectivity index (χ2n) is 4.26. The van der Waals surface area contributed by atoms with Crippen LogP contribution in [0, 0.1) is 0 Å². The third kappa shape index (κ3) is 3.95. The zero-order valence-electron chi connectivity index (χ0n) is 11.3. The molecule has 4 nitrogen and oxygen atoms in total. The highest BCUT2D eigenvalue weighted by atomic mass is 79.9. The van der Waals surface area contributed by atoms with Crippen LogP contribution in [-0.2, 0) is 13.0 Å². The van der Waals surface area contributed by atoms with E-state index in [0.29, 0.717) is 19.0 Å². The summed E-state index contributed by atoms with van der Waals surface area (Å²) in [5, 5.41) is 0. The second kappa shape index (κ2) is 7.26. The molecule has 0 unspecified atom stereocenters. The Morgan fingerprint density at radius 1 is 1.25 bits per heavy atom. The van der Waals surface area contributed by atoms with Crippen molar-refractivity contribution in [2.24, 2.45) is 5.73 Å². The van der Waals surface area contributed by atoms with Crippen LogP contribution in [0.15, 0.2) is 40.9 Å². The lowest BCUT2D eigenvalue weighted by Gasteiger charge is -2.10. The summed E-state index contributed by atoms with van der Waals surface area (Å²) in [5.74, 6) is 1.37. The number of benzene rings is 1. The lowest BCUT2D eigenvalue weighted by atomic mass is 10.1. The zero-order valence-corrected chi connectivity index (χ0v) is 12.9. The third-order valence-corrected chi connectivity index (χ3v) is 3.41. The SMILES string of the molecule is COc1cccc(COc2ccc(CCN)cc2Br)n1. The smallest absolute Gasteiger partial charge is 0.213 e. The van der Waals surface area contributed by atoms with Crippen molar-refractivity contribution in [2.45, 2.75) is 13.0 Å². The van der Waals surface area contributed by atoms with Gasteiger partial charge in [-0.05, 0) is 52.7 Å². The number of methoxy groups -OCH3 is 1. The highest BCUT2D eigenvalue weighted by Crippen LogP contribution is 2.27. The summed E-state index contributed by atoms with van der Waals surface area (Å²) in [6, 6.07) is 11.6. The van der Waals surface area contributed by atoms with E-state index < -0.39 is 0 Å². The largest absolute Gasteiger partial charge is 0.486 e. The molecule has 0 radical (unpaired) electrons. The van der Waals surface area contributed by atoms with Gasteiger partial charge in [0.05, 0.1) is 17.3 Å². The van der Waals surface area contributed by atoms with Crippen LogP contribution in [0.1, 0.15) is 11.3 Å². The molecule has 0 saturated heterocycles. The van der Waals surface area contributed by atoms with Crippen LogP contribution in [0.2, 0.25) is 0 Å². The predicted octanol–water partition coefficient (Wildman–Crippen LogP) is 2.93. The van der Waals surface area contributed by atoms with E-state index in [0.717, 1.165) is 22.3 Å². The molecule has 0 saturated carbocycles. The monoisotopic (exact) mass is 336 g/mol. The number of hydrogen-bond donors (Lipinski definition) is 1. The van der Waals surface area contributed by atoms with E-state index in [-0.39, 0.29) is 0 Å². The Labute approximate surface area is 127 Å². The first-order valence-electron chi connectivity index (χ1n) is 6.34. The number of hydrogen-bond acceptors (Lipinski definition) is 4. The first kappa shape index (κ1) is 14.8. The van der Waals surface area contributed by atoms with Crippen molar-refractivity contribution in [1.82, 2.24) is 4.98 Å². The van der Waals surface area contributed by atoms with Gasteiger partial charge in [-0.2, -0.15) is 0 Å². The van der Waals surface area contributed by atoms with E-state index in [2.05, 4.69) is 20.9 Å². The summed E-state index contributed by atoms with van der Waals surface area (Å²) in [7, 11) is 1.60. The first-order chi connectivity index (χ1) is 9.72. The Bertz CT molecular complexity index is 576. The van der Waals surface area contributed by atoms with E-state index in [1.807, 2.05) is 30.3 Å². The van der Waals surface area contributed by atoms with E-state index in [9.17, 15) is 0 Å². The summed E-state index contributed by atoms with van der Waals surface area (Å²) in [6.07, 6.45) is 0.857. The minimum Gasteiger partial charge on any atom is -0.486 e. The van der Waals surface area contributed by atoms with Crippen LogP contribution in [-0.4, -0.2) is 18.6 Å². The van der Waals surface area contributed by atoms with Crippen molar-refractivity contribution < 1.29 is 9.47 Å². The van der Waals surface area contributed by atoms with E-state index in [1.54, 1.807) is 13.2 Å². The fraction of sp³-hybridized carbons (Fsp3) is 0.267. The Morgan fingerprint density at radius 3 is 2.80 bits per heavy atom. The van der Waals surface area contributed by atoms with Crippen molar-refractivity contribution in [2.75, 3.05) is 13.7 Å². The van der Waals surface area contributed by atoms with Crippen molar-refractivity contribution in [1.29, 1.82) is 0 Å². The molecule has 2 rings (SSSR count). The maximum absolute atomic E-state index is 5.76. The number of rotatable bonds is 6. The van der Waals surface area contributed by atoms with Gasteiger partial charge in [0.1, 0.15) is 12.4 Å². The molecule has 0 atom stereocenters. The summed E-state index contributed by atoms with van der Waals surface area (Å²) in [6.45, 7) is 1.03. The minimum absolute atomic E-state index is 0.395. The molecule has 0 aliphatic rings. The number of nitrogens with two attached hydrogens (primary N) is 1. The molecule has 1 aromatic heterocycles. The van der Waals surface area contributed by atoms with Gasteiger partial charge in [0, 0.05) is 6.07 Å². The van der Waals surface area contributed by atoms with Crippen LogP contribution in [0.4, 0.5) is 0 Å². The maximum atomic E-state index is 5.76. The molecule has 5 heteroatoms. The molecule has 0 bridgehead atoms. The summed E-state index contributed by atoms with van der Waals surface area (Å²) < 4.78 is 11.8. The number of halogens is 1. The first-order valence-corrected chi connectivity index (χ1v) is 7.13. The molecule has 106 valence electrons. The Balaban J connectivity index is 2.03. The average Bonchev–Trinajstić information content (AvgIpc) is 2.47. The topological polar surface area (TPSA) is 57.4 Å². The van der Waals surface area contributed by atoms with Gasteiger partial charge in [-0.3, -0.25) is 0 Å². The minimum atomic E-state index is 0.395. The summed E-state index contributed by atoms with van der Waals surface area (Å²) in [4.78, 5) is 4.30. The van der Waals surface area contributed by atoms with E-state index >= 15 is 0 Å². The fourth-order valence-electron chi connectivity index (χ4n) is 1.79. The number of nitrogens with zero attached hydrogens (tertiary/aromatic N) is 1. The maximum Gasteiger partial charge on any atom is 0.213 e. The van der Waals surface area contributed by atoms with Crippen molar-refractivity contribution >= 4 is 15.9 Å². The number of pyridine rings is 1. The van der Waals surface area contributed by atoms with Crippen molar-refractivity contribution in [3.05, 3.63) is 52.1 Å². The van der Waals surface area contributed by atoms with Crippen molar-refractivity contribution in [3.63, 3.8) is 0 Å². The van der Waals surface area contributed by atoms with E-state index in [1.165, 1.54) is 5.56 Å². The normalized spacial score (nSPS) is 10.3. The van der Waals surface area contributed by atoms with Crippen LogP contribution in [0.5, 0.6) is 11.6 Å².